The van der Waals surface area contributed by atoms with Crippen LogP contribution in [0.15, 0.2) is 66.7 Å². The van der Waals surface area contributed by atoms with Gasteiger partial charge >= 0.3 is 6.18 Å². The number of hydrogen-bond acceptors (Lipinski definition) is 7. The molecule has 3 heterocycles. The summed E-state index contributed by atoms with van der Waals surface area (Å²) < 4.78 is 98.4. The maximum Gasteiger partial charge on any atom is 0.393 e. The van der Waals surface area contributed by atoms with Gasteiger partial charge in [0.2, 0.25) is 10.0 Å². The summed E-state index contributed by atoms with van der Waals surface area (Å²) in [6.45, 7) is 2.38. The lowest BCUT2D eigenvalue weighted by Gasteiger charge is -2.24. The highest BCUT2D eigenvalue weighted by Crippen LogP contribution is 2.39. The SMILES string of the molecule is CCN(c1ccc(Cl)cc1CNc1nc(-c2cc(F)c(OCc3ccccc3)cc2CC(F)(F)F)cc2c1c(I)nn2C1CCCCO1)S(C)(=O)=O. The summed E-state index contributed by atoms with van der Waals surface area (Å²) >= 11 is 8.42. The summed E-state index contributed by atoms with van der Waals surface area (Å²) in [4.78, 5) is 4.78. The van der Waals surface area contributed by atoms with E-state index in [1.807, 2.05) is 6.07 Å². The van der Waals surface area contributed by atoms with Gasteiger partial charge in [-0.1, -0.05) is 41.9 Å². The number of pyridine rings is 1. The van der Waals surface area contributed by atoms with Crippen LogP contribution in [0.25, 0.3) is 22.2 Å². The highest BCUT2D eigenvalue weighted by atomic mass is 127. The van der Waals surface area contributed by atoms with Crippen molar-refractivity contribution in [2.75, 3.05) is 29.0 Å². The summed E-state index contributed by atoms with van der Waals surface area (Å²) in [5, 5.41) is 8.96. The first-order chi connectivity index (χ1) is 24.7. The van der Waals surface area contributed by atoms with Crippen molar-refractivity contribution in [1.29, 1.82) is 0 Å². The van der Waals surface area contributed by atoms with E-state index in [0.29, 0.717) is 43.9 Å². The number of rotatable bonds is 12. The summed E-state index contributed by atoms with van der Waals surface area (Å²) in [7, 11) is -3.65. The molecule has 276 valence electrons. The molecule has 9 nitrogen and oxygen atoms in total. The van der Waals surface area contributed by atoms with Crippen LogP contribution < -0.4 is 14.4 Å². The smallest absolute Gasteiger partial charge is 0.393 e. The van der Waals surface area contributed by atoms with Crippen molar-refractivity contribution in [1.82, 2.24) is 14.8 Å². The zero-order valence-electron chi connectivity index (χ0n) is 28.2. The van der Waals surface area contributed by atoms with Crippen LogP contribution in [0.4, 0.5) is 29.1 Å². The van der Waals surface area contributed by atoms with Crippen LogP contribution in [0.1, 0.15) is 49.1 Å². The van der Waals surface area contributed by atoms with Gasteiger partial charge in [0.15, 0.2) is 17.8 Å². The average Bonchev–Trinajstić information content (AvgIpc) is 3.44. The van der Waals surface area contributed by atoms with Crippen LogP contribution in [0, 0.1) is 9.52 Å². The molecule has 1 unspecified atom stereocenters. The fourth-order valence-corrected chi connectivity index (χ4v) is 8.22. The molecule has 0 radical (unpaired) electrons. The Labute approximate surface area is 317 Å². The summed E-state index contributed by atoms with van der Waals surface area (Å²) in [6, 6.07) is 17.4. The first-order valence-electron chi connectivity index (χ1n) is 16.5. The van der Waals surface area contributed by atoms with Crippen LogP contribution in [-0.4, -0.2) is 48.8 Å². The molecule has 16 heteroatoms. The zero-order chi connectivity index (χ0) is 37.2. The Bertz CT molecular complexity index is 2180. The van der Waals surface area contributed by atoms with Crippen LogP contribution in [0.5, 0.6) is 5.75 Å². The van der Waals surface area contributed by atoms with E-state index in [0.717, 1.165) is 36.8 Å². The molecule has 6 rings (SSSR count). The van der Waals surface area contributed by atoms with E-state index in [2.05, 4.69) is 27.9 Å². The number of anilines is 2. The van der Waals surface area contributed by atoms with Gasteiger partial charge in [-0.25, -0.2) is 22.5 Å². The number of sulfonamides is 1. The van der Waals surface area contributed by atoms with Gasteiger partial charge in [-0.2, -0.15) is 18.3 Å². The Balaban J connectivity index is 1.48. The van der Waals surface area contributed by atoms with Gasteiger partial charge < -0.3 is 14.8 Å². The molecule has 0 bridgehead atoms. The molecule has 1 saturated heterocycles. The van der Waals surface area contributed by atoms with Crippen LogP contribution in [-0.2, 0) is 34.3 Å². The third-order valence-electron chi connectivity index (χ3n) is 8.58. The van der Waals surface area contributed by atoms with Gasteiger partial charge in [-0.05, 0) is 102 Å². The van der Waals surface area contributed by atoms with Crippen molar-refractivity contribution in [3.05, 3.63) is 98.0 Å². The highest BCUT2D eigenvalue weighted by molar-refractivity contribution is 14.1. The second-order valence-corrected chi connectivity index (χ2v) is 15.7. The van der Waals surface area contributed by atoms with Crippen molar-refractivity contribution in [3.8, 4) is 17.0 Å². The molecule has 0 spiro atoms. The molecule has 2 aromatic heterocycles. The Kier molecular flexibility index (Phi) is 11.5. The number of alkyl halides is 3. The van der Waals surface area contributed by atoms with Crippen molar-refractivity contribution < 1.29 is 35.5 Å². The van der Waals surface area contributed by atoms with Crippen molar-refractivity contribution in [2.24, 2.45) is 0 Å². The fourth-order valence-electron chi connectivity index (χ4n) is 6.26. The summed E-state index contributed by atoms with van der Waals surface area (Å²) in [5.74, 6) is -0.924. The summed E-state index contributed by atoms with van der Waals surface area (Å²) in [6.07, 6.45) is -2.88. The molecular formula is C36H35ClF4IN5O4S. The average molecular weight is 872 g/mol. The lowest BCUT2D eigenvalue weighted by Crippen LogP contribution is -2.30. The maximum atomic E-state index is 15.7. The van der Waals surface area contributed by atoms with Crippen molar-refractivity contribution >= 4 is 66.6 Å². The molecule has 3 aromatic carbocycles. The second kappa shape index (κ2) is 15.7. The Hall–Kier alpha value is -3.67. The number of nitrogens with one attached hydrogen (secondary N) is 1. The largest absolute Gasteiger partial charge is 0.486 e. The summed E-state index contributed by atoms with van der Waals surface area (Å²) in [5.41, 5.74) is 1.93. The van der Waals surface area contributed by atoms with E-state index in [-0.39, 0.29) is 48.1 Å². The molecule has 52 heavy (non-hydrogen) atoms. The normalized spacial score (nSPS) is 15.2. The lowest BCUT2D eigenvalue weighted by molar-refractivity contribution is -0.127. The minimum Gasteiger partial charge on any atom is -0.486 e. The Morgan fingerprint density at radius 3 is 2.54 bits per heavy atom. The quantitative estimate of drug-likeness (QED) is 0.0987. The van der Waals surface area contributed by atoms with Crippen LogP contribution in [0.2, 0.25) is 5.02 Å². The van der Waals surface area contributed by atoms with Crippen LogP contribution >= 0.6 is 34.2 Å². The van der Waals surface area contributed by atoms with E-state index in [1.54, 1.807) is 60.1 Å². The van der Waals surface area contributed by atoms with Gasteiger partial charge in [-0.3, -0.25) is 4.31 Å². The standard InChI is InChI=1S/C36H35ClF4IN5O4S/c1-3-46(52(2,48)49)29-13-12-25(37)15-24(29)20-43-35-33-30(47(45-34(33)42)32-11-7-8-14-50-32)18-28(44-35)26-17-27(38)31(16-23(26)19-36(39,40)41)51-21-22-9-5-4-6-10-22/h4-6,9-10,12-13,15-18,32H,3,7-8,11,14,19-21H2,1-2H3,(H,43,44). The number of nitrogens with zero attached hydrogens (tertiary/aromatic N) is 4. The Morgan fingerprint density at radius 1 is 1.10 bits per heavy atom. The molecule has 0 saturated carbocycles. The van der Waals surface area contributed by atoms with E-state index in [1.165, 1.54) is 4.31 Å². The van der Waals surface area contributed by atoms with Gasteiger partial charge in [-0.15, -0.1) is 0 Å². The molecule has 0 amide bonds. The molecule has 1 aliphatic heterocycles. The number of ether oxygens (including phenoxy) is 2. The maximum absolute atomic E-state index is 15.7. The Morgan fingerprint density at radius 2 is 1.87 bits per heavy atom. The zero-order valence-corrected chi connectivity index (χ0v) is 31.9. The minimum atomic E-state index is -4.63. The van der Waals surface area contributed by atoms with Gasteiger partial charge in [0.05, 0.1) is 35.0 Å². The molecule has 1 atom stereocenters. The van der Waals surface area contributed by atoms with Crippen molar-refractivity contribution in [3.63, 3.8) is 0 Å². The third kappa shape index (κ3) is 8.75. The predicted octanol–water partition coefficient (Wildman–Crippen LogP) is 9.28. The van der Waals surface area contributed by atoms with Crippen LogP contribution in [0.3, 0.4) is 0 Å². The van der Waals surface area contributed by atoms with Crippen molar-refractivity contribution in [2.45, 2.75) is 58.2 Å². The number of fused-ring (bicyclic) bond motifs is 1. The predicted molar refractivity (Wildman–Crippen MR) is 202 cm³/mol. The second-order valence-electron chi connectivity index (χ2n) is 12.4. The number of aromatic nitrogens is 3. The van der Waals surface area contributed by atoms with Gasteiger partial charge in [0, 0.05) is 30.3 Å². The molecule has 1 N–H and O–H groups in total. The van der Waals surface area contributed by atoms with Gasteiger partial charge in [0.1, 0.15) is 16.1 Å². The van der Waals surface area contributed by atoms with E-state index >= 15 is 4.39 Å². The first-order valence-corrected chi connectivity index (χ1v) is 19.8. The third-order valence-corrected chi connectivity index (χ3v) is 10.8. The van der Waals surface area contributed by atoms with E-state index < -0.39 is 34.7 Å². The lowest BCUT2D eigenvalue weighted by atomic mass is 9.99. The molecule has 0 aliphatic carbocycles. The van der Waals surface area contributed by atoms with E-state index in [4.69, 9.17) is 31.2 Å². The number of halogens is 6. The topological polar surface area (TPSA) is 98.6 Å². The van der Waals surface area contributed by atoms with E-state index in [9.17, 15) is 21.6 Å². The number of benzene rings is 3. The number of hydrogen-bond donors (Lipinski definition) is 1. The minimum absolute atomic E-state index is 0.0324. The molecular weight excluding hydrogens is 837 g/mol. The molecule has 1 aliphatic rings. The highest BCUT2D eigenvalue weighted by Gasteiger charge is 2.31. The fraction of sp³-hybridized carbons (Fsp3) is 0.333. The first kappa shape index (κ1) is 38.1. The monoisotopic (exact) mass is 871 g/mol. The molecule has 5 aromatic rings. The van der Waals surface area contributed by atoms with Gasteiger partial charge in [0.25, 0.3) is 0 Å². The molecule has 1 fully saturated rings.